The van der Waals surface area contributed by atoms with E-state index in [0.717, 1.165) is 63.1 Å². The van der Waals surface area contributed by atoms with E-state index in [1.807, 2.05) is 18.2 Å². The van der Waals surface area contributed by atoms with Crippen LogP contribution in [0.2, 0.25) is 0 Å². The van der Waals surface area contributed by atoms with Gasteiger partial charge in [-0.05, 0) is 49.7 Å². The SMILES string of the molecule is O=C(CC1CC2(CCN(C(=O)C3CCCC3)CC2)Oc2ccccc21)NCC1CC1. The number of amides is 2. The van der Waals surface area contributed by atoms with Crippen molar-refractivity contribution < 1.29 is 14.3 Å². The normalized spacial score (nSPS) is 25.6. The fourth-order valence-electron chi connectivity index (χ4n) is 5.67. The molecule has 0 bridgehead atoms. The van der Waals surface area contributed by atoms with Gasteiger partial charge in [0.25, 0.3) is 0 Å². The van der Waals surface area contributed by atoms with Crippen LogP contribution >= 0.6 is 0 Å². The number of piperidine rings is 1. The molecule has 0 aromatic heterocycles. The van der Waals surface area contributed by atoms with E-state index in [2.05, 4.69) is 16.3 Å². The summed E-state index contributed by atoms with van der Waals surface area (Å²) < 4.78 is 6.56. The van der Waals surface area contributed by atoms with Crippen molar-refractivity contribution in [2.75, 3.05) is 19.6 Å². The van der Waals surface area contributed by atoms with E-state index >= 15 is 0 Å². The van der Waals surface area contributed by atoms with E-state index in [-0.39, 0.29) is 23.3 Å². The monoisotopic (exact) mass is 410 g/mol. The molecule has 1 aromatic rings. The molecule has 2 aliphatic heterocycles. The molecule has 2 aliphatic carbocycles. The highest BCUT2D eigenvalue weighted by Crippen LogP contribution is 2.46. The Morgan fingerprint density at radius 3 is 2.53 bits per heavy atom. The number of carbonyl (C=O) groups is 2. The second-order valence-electron chi connectivity index (χ2n) is 9.98. The molecule has 5 nitrogen and oxygen atoms in total. The van der Waals surface area contributed by atoms with Gasteiger partial charge in [0.2, 0.25) is 11.8 Å². The minimum atomic E-state index is -0.248. The second-order valence-corrected chi connectivity index (χ2v) is 9.98. The highest BCUT2D eigenvalue weighted by molar-refractivity contribution is 5.79. The van der Waals surface area contributed by atoms with Crippen molar-refractivity contribution >= 4 is 11.8 Å². The molecule has 3 fully saturated rings. The Morgan fingerprint density at radius 2 is 1.80 bits per heavy atom. The van der Waals surface area contributed by atoms with Gasteiger partial charge < -0.3 is 15.0 Å². The van der Waals surface area contributed by atoms with Crippen LogP contribution < -0.4 is 10.1 Å². The van der Waals surface area contributed by atoms with Crippen LogP contribution in [-0.2, 0) is 9.59 Å². The molecule has 4 aliphatic rings. The number of benzene rings is 1. The van der Waals surface area contributed by atoms with Crippen LogP contribution in [0.15, 0.2) is 24.3 Å². The summed E-state index contributed by atoms with van der Waals surface area (Å²) in [6, 6.07) is 8.21. The maximum atomic E-state index is 12.8. The van der Waals surface area contributed by atoms with Crippen LogP contribution in [0.1, 0.15) is 75.7 Å². The summed E-state index contributed by atoms with van der Waals surface area (Å²) in [5, 5.41) is 3.13. The Labute approximate surface area is 179 Å². The lowest BCUT2D eigenvalue weighted by Gasteiger charge is -2.47. The Morgan fingerprint density at radius 1 is 1.07 bits per heavy atom. The zero-order chi connectivity index (χ0) is 20.6. The predicted octanol–water partition coefficient (Wildman–Crippen LogP) is 4.02. The molecule has 30 heavy (non-hydrogen) atoms. The second kappa shape index (κ2) is 8.24. The first-order chi connectivity index (χ1) is 14.6. The maximum absolute atomic E-state index is 12.8. The van der Waals surface area contributed by atoms with Gasteiger partial charge in [-0.2, -0.15) is 0 Å². The first-order valence-corrected chi connectivity index (χ1v) is 12.0. The number of ether oxygens (including phenoxy) is 1. The minimum Gasteiger partial charge on any atom is -0.487 e. The molecule has 1 spiro atoms. The number of para-hydroxylation sites is 1. The average molecular weight is 411 g/mol. The molecule has 1 saturated heterocycles. The summed E-state index contributed by atoms with van der Waals surface area (Å²) in [6.07, 6.45) is 10.1. The molecule has 2 heterocycles. The van der Waals surface area contributed by atoms with Crippen molar-refractivity contribution in [3.8, 4) is 5.75 Å². The summed E-state index contributed by atoms with van der Waals surface area (Å²) >= 11 is 0. The molecule has 2 amide bonds. The van der Waals surface area contributed by atoms with Crippen LogP contribution in [0.5, 0.6) is 5.75 Å². The molecule has 1 aromatic carbocycles. The topological polar surface area (TPSA) is 58.6 Å². The third-order valence-electron chi connectivity index (χ3n) is 7.71. The number of likely N-dealkylation sites (tertiary alicyclic amines) is 1. The van der Waals surface area contributed by atoms with Crippen LogP contribution in [0, 0.1) is 11.8 Å². The zero-order valence-corrected chi connectivity index (χ0v) is 17.9. The Hall–Kier alpha value is -2.04. The summed E-state index contributed by atoms with van der Waals surface area (Å²) in [7, 11) is 0. The average Bonchev–Trinajstić information content (AvgIpc) is 3.43. The highest BCUT2D eigenvalue weighted by Gasteiger charge is 2.45. The quantitative estimate of drug-likeness (QED) is 0.798. The molecule has 5 heteroatoms. The number of hydrogen-bond donors (Lipinski definition) is 1. The predicted molar refractivity (Wildman–Crippen MR) is 115 cm³/mol. The first-order valence-electron chi connectivity index (χ1n) is 12.0. The van der Waals surface area contributed by atoms with Gasteiger partial charge in [0.1, 0.15) is 11.4 Å². The van der Waals surface area contributed by atoms with Gasteiger partial charge >= 0.3 is 0 Å². The Bertz CT molecular complexity index is 789. The molecule has 2 saturated carbocycles. The van der Waals surface area contributed by atoms with Gasteiger partial charge in [0.15, 0.2) is 0 Å². The molecule has 162 valence electrons. The first kappa shape index (κ1) is 19.9. The third-order valence-corrected chi connectivity index (χ3v) is 7.71. The fraction of sp³-hybridized carbons (Fsp3) is 0.680. The maximum Gasteiger partial charge on any atom is 0.225 e. The number of carbonyl (C=O) groups excluding carboxylic acids is 2. The largest absolute Gasteiger partial charge is 0.487 e. The van der Waals surface area contributed by atoms with Gasteiger partial charge in [-0.3, -0.25) is 9.59 Å². The van der Waals surface area contributed by atoms with E-state index < -0.39 is 0 Å². The van der Waals surface area contributed by atoms with E-state index in [4.69, 9.17) is 4.74 Å². The standard InChI is InChI=1S/C25H34N2O3/c28-23(26-17-18-9-10-18)15-20-16-25(30-22-8-4-3-7-21(20)22)11-13-27(14-12-25)24(29)19-5-1-2-6-19/h3-4,7-8,18-20H,1-2,5-6,9-17H2,(H,26,28). The van der Waals surface area contributed by atoms with Gasteiger partial charge in [-0.25, -0.2) is 0 Å². The molecule has 0 radical (unpaired) electrons. The molecular formula is C25H34N2O3. The molecule has 1 atom stereocenters. The zero-order valence-electron chi connectivity index (χ0n) is 17.9. The van der Waals surface area contributed by atoms with Crippen LogP contribution in [0.4, 0.5) is 0 Å². The molecule has 5 rings (SSSR count). The van der Waals surface area contributed by atoms with Gasteiger partial charge in [0.05, 0.1) is 0 Å². The van der Waals surface area contributed by atoms with E-state index in [9.17, 15) is 9.59 Å². The lowest BCUT2D eigenvalue weighted by molar-refractivity contribution is -0.139. The van der Waals surface area contributed by atoms with E-state index in [1.54, 1.807) is 0 Å². The number of nitrogens with zero attached hydrogens (tertiary/aromatic N) is 1. The molecule has 1 N–H and O–H groups in total. The fourth-order valence-corrected chi connectivity index (χ4v) is 5.67. The Kier molecular flexibility index (Phi) is 5.46. The Balaban J connectivity index is 1.25. The van der Waals surface area contributed by atoms with Crippen LogP contribution in [0.3, 0.4) is 0 Å². The van der Waals surface area contributed by atoms with Crippen LogP contribution in [0.25, 0.3) is 0 Å². The smallest absolute Gasteiger partial charge is 0.225 e. The van der Waals surface area contributed by atoms with Gasteiger partial charge in [-0.1, -0.05) is 31.0 Å². The van der Waals surface area contributed by atoms with Crippen molar-refractivity contribution in [2.45, 2.75) is 75.7 Å². The number of hydrogen-bond acceptors (Lipinski definition) is 3. The lowest BCUT2D eigenvalue weighted by atomic mass is 9.76. The summed E-state index contributed by atoms with van der Waals surface area (Å²) in [5.41, 5.74) is 0.913. The van der Waals surface area contributed by atoms with E-state index in [0.29, 0.717) is 18.2 Å². The van der Waals surface area contributed by atoms with Crippen molar-refractivity contribution in [1.82, 2.24) is 10.2 Å². The summed E-state index contributed by atoms with van der Waals surface area (Å²) in [5.74, 6) is 2.58. The minimum absolute atomic E-state index is 0.160. The summed E-state index contributed by atoms with van der Waals surface area (Å²) in [6.45, 7) is 2.38. The van der Waals surface area contributed by atoms with Crippen molar-refractivity contribution in [2.24, 2.45) is 11.8 Å². The van der Waals surface area contributed by atoms with Gasteiger partial charge in [0, 0.05) is 50.7 Å². The third kappa shape index (κ3) is 4.21. The molecular weight excluding hydrogens is 376 g/mol. The van der Waals surface area contributed by atoms with Crippen molar-refractivity contribution in [3.63, 3.8) is 0 Å². The van der Waals surface area contributed by atoms with Crippen LogP contribution in [-0.4, -0.2) is 41.9 Å². The van der Waals surface area contributed by atoms with Gasteiger partial charge in [-0.15, -0.1) is 0 Å². The summed E-state index contributed by atoms with van der Waals surface area (Å²) in [4.78, 5) is 27.5. The van der Waals surface area contributed by atoms with Crippen molar-refractivity contribution in [3.05, 3.63) is 29.8 Å². The number of rotatable bonds is 5. The lowest BCUT2D eigenvalue weighted by Crippen LogP contribution is -2.52. The number of fused-ring (bicyclic) bond motifs is 1. The molecule has 1 unspecified atom stereocenters. The van der Waals surface area contributed by atoms with E-state index in [1.165, 1.54) is 25.7 Å². The van der Waals surface area contributed by atoms with Crippen molar-refractivity contribution in [1.29, 1.82) is 0 Å². The number of nitrogens with one attached hydrogen (secondary N) is 1. The highest BCUT2D eigenvalue weighted by atomic mass is 16.5.